The van der Waals surface area contributed by atoms with Crippen molar-refractivity contribution in [2.75, 3.05) is 14.2 Å². The molecular formula is C25H27NO5. The fourth-order valence-electron chi connectivity index (χ4n) is 4.71. The van der Waals surface area contributed by atoms with Crippen LogP contribution in [0.2, 0.25) is 0 Å². The molecule has 1 aromatic heterocycles. The Labute approximate surface area is 181 Å². The third-order valence-electron chi connectivity index (χ3n) is 6.19. The molecule has 6 heteroatoms. The quantitative estimate of drug-likeness (QED) is 0.585. The summed E-state index contributed by atoms with van der Waals surface area (Å²) in [5.74, 6) is -0.233. The van der Waals surface area contributed by atoms with Gasteiger partial charge in [-0.25, -0.2) is 4.79 Å². The van der Waals surface area contributed by atoms with E-state index in [-0.39, 0.29) is 18.3 Å². The van der Waals surface area contributed by atoms with Crippen LogP contribution in [0.3, 0.4) is 0 Å². The molecule has 0 atom stereocenters. The number of fused-ring (bicyclic) bond motifs is 1. The Morgan fingerprint density at radius 2 is 1.71 bits per heavy atom. The summed E-state index contributed by atoms with van der Waals surface area (Å²) in [6.45, 7) is 0.0283. The molecule has 1 heterocycles. The van der Waals surface area contributed by atoms with Crippen molar-refractivity contribution in [3.63, 3.8) is 0 Å². The number of esters is 2. The SMILES string of the molecule is COC(=O)Cn1c(-c2ccc(O)cc2)c(C2CCCCC2)c2ccc(C(=O)OC)cc21. The summed E-state index contributed by atoms with van der Waals surface area (Å²) in [6.07, 6.45) is 5.74. The van der Waals surface area contributed by atoms with Crippen molar-refractivity contribution in [3.05, 3.63) is 53.6 Å². The summed E-state index contributed by atoms with van der Waals surface area (Å²) in [4.78, 5) is 24.5. The fourth-order valence-corrected chi connectivity index (χ4v) is 4.71. The highest BCUT2D eigenvalue weighted by molar-refractivity contribution is 5.99. The second-order valence-corrected chi connectivity index (χ2v) is 8.03. The Hall–Kier alpha value is -3.28. The second-order valence-electron chi connectivity index (χ2n) is 8.03. The van der Waals surface area contributed by atoms with Gasteiger partial charge in [0.2, 0.25) is 0 Å². The Kier molecular flexibility index (Phi) is 5.98. The van der Waals surface area contributed by atoms with Crippen molar-refractivity contribution in [2.24, 2.45) is 0 Å². The smallest absolute Gasteiger partial charge is 0.337 e. The number of benzene rings is 2. The van der Waals surface area contributed by atoms with Crippen LogP contribution in [0.4, 0.5) is 0 Å². The first-order valence-corrected chi connectivity index (χ1v) is 10.6. The van der Waals surface area contributed by atoms with Gasteiger partial charge in [-0.3, -0.25) is 4.79 Å². The Morgan fingerprint density at radius 3 is 2.35 bits per heavy atom. The maximum Gasteiger partial charge on any atom is 0.337 e. The monoisotopic (exact) mass is 421 g/mol. The Morgan fingerprint density at radius 1 is 1.00 bits per heavy atom. The van der Waals surface area contributed by atoms with Gasteiger partial charge >= 0.3 is 11.9 Å². The molecule has 0 spiro atoms. The lowest BCUT2D eigenvalue weighted by Gasteiger charge is -2.23. The molecule has 1 aliphatic rings. The first-order valence-electron chi connectivity index (χ1n) is 10.6. The van der Waals surface area contributed by atoms with Gasteiger partial charge in [0.1, 0.15) is 12.3 Å². The van der Waals surface area contributed by atoms with Crippen molar-refractivity contribution in [1.29, 1.82) is 0 Å². The van der Waals surface area contributed by atoms with E-state index in [9.17, 15) is 14.7 Å². The number of ether oxygens (including phenoxy) is 2. The minimum atomic E-state index is -0.418. The molecule has 1 saturated carbocycles. The van der Waals surface area contributed by atoms with Gasteiger partial charge in [-0.2, -0.15) is 0 Å². The van der Waals surface area contributed by atoms with Crippen molar-refractivity contribution in [1.82, 2.24) is 4.57 Å². The molecule has 0 bridgehead atoms. The predicted octanol–water partition coefficient (Wildman–Crippen LogP) is 5.02. The zero-order valence-electron chi connectivity index (χ0n) is 17.9. The molecular weight excluding hydrogens is 394 g/mol. The van der Waals surface area contributed by atoms with E-state index in [0.717, 1.165) is 35.0 Å². The average Bonchev–Trinajstić information content (AvgIpc) is 3.12. The van der Waals surface area contributed by atoms with E-state index in [1.807, 2.05) is 22.8 Å². The number of methoxy groups -OCH3 is 2. The highest BCUT2D eigenvalue weighted by Gasteiger charge is 2.28. The lowest BCUT2D eigenvalue weighted by molar-refractivity contribution is -0.141. The van der Waals surface area contributed by atoms with Crippen LogP contribution < -0.4 is 0 Å². The molecule has 31 heavy (non-hydrogen) atoms. The van der Waals surface area contributed by atoms with Gasteiger partial charge in [-0.1, -0.05) is 25.3 Å². The second kappa shape index (κ2) is 8.84. The van der Waals surface area contributed by atoms with Gasteiger partial charge in [-0.15, -0.1) is 0 Å². The molecule has 1 fully saturated rings. The number of hydrogen-bond acceptors (Lipinski definition) is 5. The van der Waals surface area contributed by atoms with Gasteiger partial charge in [0.05, 0.1) is 31.0 Å². The molecule has 6 nitrogen and oxygen atoms in total. The number of carbonyl (C=O) groups is 2. The van der Waals surface area contributed by atoms with E-state index in [4.69, 9.17) is 9.47 Å². The third-order valence-corrected chi connectivity index (χ3v) is 6.19. The number of aromatic hydroxyl groups is 1. The van der Waals surface area contributed by atoms with Crippen LogP contribution in [0, 0.1) is 0 Å². The summed E-state index contributed by atoms with van der Waals surface area (Å²) in [7, 11) is 2.73. The first-order chi connectivity index (χ1) is 15.0. The number of carbonyl (C=O) groups excluding carboxylic acids is 2. The van der Waals surface area contributed by atoms with E-state index in [0.29, 0.717) is 11.5 Å². The van der Waals surface area contributed by atoms with E-state index < -0.39 is 5.97 Å². The van der Waals surface area contributed by atoms with Crippen molar-refractivity contribution >= 4 is 22.8 Å². The van der Waals surface area contributed by atoms with Crippen molar-refractivity contribution < 1.29 is 24.2 Å². The van der Waals surface area contributed by atoms with Crippen molar-refractivity contribution in [3.8, 4) is 17.0 Å². The predicted molar refractivity (Wildman–Crippen MR) is 118 cm³/mol. The van der Waals surface area contributed by atoms with Crippen molar-refractivity contribution in [2.45, 2.75) is 44.6 Å². The van der Waals surface area contributed by atoms with Crippen LogP contribution in [-0.2, 0) is 20.8 Å². The maximum atomic E-state index is 12.3. The van der Waals surface area contributed by atoms with Crippen LogP contribution in [0.15, 0.2) is 42.5 Å². The van der Waals surface area contributed by atoms with Crippen LogP contribution >= 0.6 is 0 Å². The van der Waals surface area contributed by atoms with Crippen LogP contribution in [0.5, 0.6) is 5.75 Å². The topological polar surface area (TPSA) is 77.8 Å². The van der Waals surface area contributed by atoms with E-state index in [1.165, 1.54) is 39.0 Å². The highest BCUT2D eigenvalue weighted by atomic mass is 16.5. The molecule has 0 radical (unpaired) electrons. The molecule has 2 aromatic carbocycles. The summed E-state index contributed by atoms with van der Waals surface area (Å²) >= 11 is 0. The standard InChI is InChI=1S/C25H27NO5/c1-30-22(28)15-26-21-14-18(25(29)31-2)10-13-20(21)23(16-6-4-3-5-7-16)24(26)17-8-11-19(27)12-9-17/h8-14,16,27H,3-7,15H2,1-2H3. The molecule has 0 saturated heterocycles. The molecule has 1 N–H and O–H groups in total. The fraction of sp³-hybridized carbons (Fsp3) is 0.360. The van der Waals surface area contributed by atoms with E-state index in [2.05, 4.69) is 0 Å². The first kappa shape index (κ1) is 21.0. The van der Waals surface area contributed by atoms with Gasteiger partial charge in [-0.05, 0) is 66.3 Å². The minimum Gasteiger partial charge on any atom is -0.508 e. The number of phenols is 1. The van der Waals surface area contributed by atoms with Gasteiger partial charge in [0, 0.05) is 5.39 Å². The maximum absolute atomic E-state index is 12.3. The zero-order valence-corrected chi connectivity index (χ0v) is 17.9. The van der Waals surface area contributed by atoms with Gasteiger partial charge in [0.15, 0.2) is 0 Å². The number of nitrogens with zero attached hydrogens (tertiary/aromatic N) is 1. The molecule has 0 amide bonds. The number of hydrogen-bond donors (Lipinski definition) is 1. The molecule has 3 aromatic rings. The van der Waals surface area contributed by atoms with E-state index in [1.54, 1.807) is 24.3 Å². The van der Waals surface area contributed by atoms with E-state index >= 15 is 0 Å². The molecule has 4 rings (SSSR count). The zero-order chi connectivity index (χ0) is 22.0. The molecule has 162 valence electrons. The van der Waals surface area contributed by atoms with Crippen LogP contribution in [-0.4, -0.2) is 35.8 Å². The summed E-state index contributed by atoms with van der Waals surface area (Å²) in [5.41, 5.74) is 4.29. The molecule has 1 aliphatic carbocycles. The summed E-state index contributed by atoms with van der Waals surface area (Å²) < 4.78 is 11.8. The lowest BCUT2D eigenvalue weighted by atomic mass is 9.82. The molecule has 0 unspecified atom stereocenters. The largest absolute Gasteiger partial charge is 0.508 e. The lowest BCUT2D eigenvalue weighted by Crippen LogP contribution is -2.13. The minimum absolute atomic E-state index is 0.0283. The normalized spacial score (nSPS) is 14.5. The highest BCUT2D eigenvalue weighted by Crippen LogP contribution is 2.44. The number of aromatic nitrogens is 1. The molecule has 0 aliphatic heterocycles. The Bertz CT molecular complexity index is 1110. The average molecular weight is 421 g/mol. The van der Waals surface area contributed by atoms with Crippen LogP contribution in [0.25, 0.3) is 22.2 Å². The van der Waals surface area contributed by atoms with Crippen LogP contribution in [0.1, 0.15) is 53.9 Å². The Balaban J connectivity index is 2.02. The van der Waals surface area contributed by atoms with Gasteiger partial charge in [0.25, 0.3) is 0 Å². The summed E-state index contributed by atoms with van der Waals surface area (Å²) in [5, 5.41) is 10.8. The number of rotatable bonds is 5. The van der Waals surface area contributed by atoms with Gasteiger partial charge < -0.3 is 19.1 Å². The summed E-state index contributed by atoms with van der Waals surface area (Å²) in [6, 6.07) is 12.6. The number of phenolic OH excluding ortho intramolecular Hbond substituents is 1. The third kappa shape index (κ3) is 4.02.